The highest BCUT2D eigenvalue weighted by Crippen LogP contribution is 2.45. The van der Waals surface area contributed by atoms with Gasteiger partial charge in [0.15, 0.2) is 5.69 Å². The molecule has 0 aliphatic heterocycles. The van der Waals surface area contributed by atoms with E-state index in [1.807, 2.05) is 6.33 Å². The Labute approximate surface area is 184 Å². The molecule has 0 amide bonds. The second-order valence-electron chi connectivity index (χ2n) is 9.47. The number of aromatic nitrogens is 2. The summed E-state index contributed by atoms with van der Waals surface area (Å²) in [5.74, 6) is 0. The molecule has 0 spiro atoms. The summed E-state index contributed by atoms with van der Waals surface area (Å²) in [6, 6.07) is 16.3. The number of aryl methyl sites for hydroxylation is 4. The van der Waals surface area contributed by atoms with E-state index < -0.39 is 0 Å². The van der Waals surface area contributed by atoms with Crippen molar-refractivity contribution in [1.82, 2.24) is 4.98 Å². The number of benzene rings is 3. The zero-order valence-corrected chi connectivity index (χ0v) is 18.9. The average molecular weight is 404 g/mol. The fraction of sp³-hybridized carbons (Fsp3) is 0.241. The molecule has 2 heteroatoms. The fourth-order valence-electron chi connectivity index (χ4n) is 5.59. The minimum absolute atomic E-state index is 0.947. The SMILES string of the molecule is Cc1ccc2c(c1)-c1cc3c(cc1C2)-c1nc[n+](C)c(-c2cc(C)cc(C)c2C)c1C3. The summed E-state index contributed by atoms with van der Waals surface area (Å²) in [5.41, 5.74) is 19.0. The molecule has 6 rings (SSSR count). The Kier molecular flexibility index (Phi) is 3.80. The van der Waals surface area contributed by atoms with Crippen LogP contribution in [0.15, 0.2) is 48.8 Å². The van der Waals surface area contributed by atoms with Gasteiger partial charge in [-0.25, -0.2) is 4.57 Å². The first-order valence-corrected chi connectivity index (χ1v) is 11.1. The van der Waals surface area contributed by atoms with Crippen molar-refractivity contribution in [3.05, 3.63) is 93.3 Å². The molecule has 1 aromatic heterocycles. The van der Waals surface area contributed by atoms with E-state index in [0.29, 0.717) is 0 Å². The zero-order chi connectivity index (χ0) is 21.4. The van der Waals surface area contributed by atoms with E-state index in [2.05, 4.69) is 81.8 Å². The number of rotatable bonds is 1. The van der Waals surface area contributed by atoms with E-state index in [1.165, 1.54) is 72.5 Å². The Bertz CT molecular complexity index is 1430. The summed E-state index contributed by atoms with van der Waals surface area (Å²) in [6.07, 6.45) is 3.96. The first-order valence-electron chi connectivity index (χ1n) is 11.1. The predicted octanol–water partition coefficient (Wildman–Crippen LogP) is 5.95. The molecule has 1 heterocycles. The van der Waals surface area contributed by atoms with Crippen molar-refractivity contribution in [3.63, 3.8) is 0 Å². The van der Waals surface area contributed by atoms with E-state index in [4.69, 9.17) is 4.98 Å². The van der Waals surface area contributed by atoms with Crippen LogP contribution in [0.5, 0.6) is 0 Å². The van der Waals surface area contributed by atoms with E-state index in [1.54, 1.807) is 0 Å². The molecule has 2 aliphatic carbocycles. The molecule has 0 radical (unpaired) electrons. The third-order valence-electron chi connectivity index (χ3n) is 7.24. The molecule has 31 heavy (non-hydrogen) atoms. The molecule has 2 aliphatic rings. The number of hydrogen-bond acceptors (Lipinski definition) is 1. The van der Waals surface area contributed by atoms with Crippen molar-refractivity contribution in [2.75, 3.05) is 0 Å². The zero-order valence-electron chi connectivity index (χ0n) is 18.9. The van der Waals surface area contributed by atoms with Gasteiger partial charge in [0.05, 0.1) is 12.6 Å². The maximum Gasteiger partial charge on any atom is 0.287 e. The van der Waals surface area contributed by atoms with Crippen LogP contribution in [0.3, 0.4) is 0 Å². The summed E-state index contributed by atoms with van der Waals surface area (Å²) in [5, 5.41) is 0. The fourth-order valence-corrected chi connectivity index (χ4v) is 5.59. The Morgan fingerprint density at radius 1 is 0.710 bits per heavy atom. The highest BCUT2D eigenvalue weighted by molar-refractivity contribution is 5.86. The molecule has 0 atom stereocenters. The average Bonchev–Trinajstić information content (AvgIpc) is 3.26. The largest absolute Gasteiger partial charge is 0.287 e. The van der Waals surface area contributed by atoms with Crippen LogP contribution in [0.4, 0.5) is 0 Å². The Morgan fingerprint density at radius 2 is 1.42 bits per heavy atom. The number of nitrogens with zero attached hydrogens (tertiary/aromatic N) is 2. The third kappa shape index (κ3) is 2.64. The summed E-state index contributed by atoms with van der Waals surface area (Å²) in [6.45, 7) is 8.83. The van der Waals surface area contributed by atoms with Crippen LogP contribution in [-0.4, -0.2) is 4.98 Å². The van der Waals surface area contributed by atoms with Crippen LogP contribution in [0.1, 0.15) is 44.5 Å². The minimum atomic E-state index is 0.947. The molecular weight excluding hydrogens is 376 g/mol. The normalized spacial score (nSPS) is 13.1. The maximum absolute atomic E-state index is 4.91. The van der Waals surface area contributed by atoms with Gasteiger partial charge in [-0.2, -0.15) is 0 Å². The quantitative estimate of drug-likeness (QED) is 0.310. The first kappa shape index (κ1) is 18.5. The van der Waals surface area contributed by atoms with Crippen LogP contribution < -0.4 is 4.57 Å². The van der Waals surface area contributed by atoms with Crippen molar-refractivity contribution in [2.45, 2.75) is 40.5 Å². The van der Waals surface area contributed by atoms with Gasteiger partial charge in [0.1, 0.15) is 5.69 Å². The van der Waals surface area contributed by atoms with Crippen LogP contribution in [-0.2, 0) is 19.9 Å². The van der Waals surface area contributed by atoms with Gasteiger partial charge in [-0.3, -0.25) is 0 Å². The van der Waals surface area contributed by atoms with E-state index in [0.717, 1.165) is 18.5 Å². The monoisotopic (exact) mass is 403 g/mol. The molecule has 0 bridgehead atoms. The molecule has 4 aromatic rings. The summed E-state index contributed by atoms with van der Waals surface area (Å²) in [7, 11) is 2.13. The van der Waals surface area contributed by atoms with Gasteiger partial charge in [-0.1, -0.05) is 35.4 Å². The molecule has 2 nitrogen and oxygen atoms in total. The van der Waals surface area contributed by atoms with Gasteiger partial charge in [-0.05, 0) is 96.2 Å². The summed E-state index contributed by atoms with van der Waals surface area (Å²) in [4.78, 5) is 4.91. The third-order valence-corrected chi connectivity index (χ3v) is 7.24. The summed E-state index contributed by atoms with van der Waals surface area (Å²) >= 11 is 0. The topological polar surface area (TPSA) is 16.8 Å². The molecule has 3 aromatic carbocycles. The van der Waals surface area contributed by atoms with Crippen molar-refractivity contribution in [3.8, 4) is 33.6 Å². The number of fused-ring (bicyclic) bond motifs is 6. The van der Waals surface area contributed by atoms with E-state index in [9.17, 15) is 0 Å². The van der Waals surface area contributed by atoms with Crippen molar-refractivity contribution < 1.29 is 4.57 Å². The van der Waals surface area contributed by atoms with Gasteiger partial charge >= 0.3 is 0 Å². The molecule has 0 unspecified atom stereocenters. The van der Waals surface area contributed by atoms with Crippen LogP contribution in [0.25, 0.3) is 33.6 Å². The second-order valence-corrected chi connectivity index (χ2v) is 9.47. The molecule has 0 fully saturated rings. The predicted molar refractivity (Wildman–Crippen MR) is 126 cm³/mol. The van der Waals surface area contributed by atoms with Gasteiger partial charge in [0.25, 0.3) is 6.33 Å². The van der Waals surface area contributed by atoms with Gasteiger partial charge in [-0.15, -0.1) is 0 Å². The van der Waals surface area contributed by atoms with Gasteiger partial charge < -0.3 is 0 Å². The number of hydrogen-bond donors (Lipinski definition) is 0. The molecular formula is C29H27N2+. The second kappa shape index (κ2) is 6.37. The Balaban J connectivity index is 1.55. The Hall–Kier alpha value is -3.26. The van der Waals surface area contributed by atoms with Crippen molar-refractivity contribution in [2.24, 2.45) is 7.05 Å². The molecule has 152 valence electrons. The van der Waals surface area contributed by atoms with Crippen LogP contribution in [0.2, 0.25) is 0 Å². The van der Waals surface area contributed by atoms with Crippen LogP contribution in [0, 0.1) is 27.7 Å². The lowest BCUT2D eigenvalue weighted by atomic mass is 9.94. The lowest BCUT2D eigenvalue weighted by Crippen LogP contribution is -2.33. The summed E-state index contributed by atoms with van der Waals surface area (Å²) < 4.78 is 2.21. The van der Waals surface area contributed by atoms with Gasteiger partial charge in [0, 0.05) is 17.5 Å². The minimum Gasteiger partial charge on any atom is -0.232 e. The Morgan fingerprint density at radius 3 is 2.26 bits per heavy atom. The molecule has 0 saturated heterocycles. The van der Waals surface area contributed by atoms with Crippen LogP contribution >= 0.6 is 0 Å². The van der Waals surface area contributed by atoms with E-state index >= 15 is 0 Å². The molecule has 0 N–H and O–H groups in total. The van der Waals surface area contributed by atoms with Crippen molar-refractivity contribution >= 4 is 0 Å². The smallest absolute Gasteiger partial charge is 0.232 e. The van der Waals surface area contributed by atoms with Crippen molar-refractivity contribution in [1.29, 1.82) is 0 Å². The highest BCUT2D eigenvalue weighted by Gasteiger charge is 2.33. The lowest BCUT2D eigenvalue weighted by Gasteiger charge is -2.13. The standard InChI is InChI=1S/C29H27N2/c1-16-6-7-20-11-21-13-26-22(12-25(21)24(20)9-16)14-27-28(26)30-15-31(5)29(27)23-10-17(2)8-18(3)19(23)4/h6-10,12-13,15H,11,14H2,1-5H3/q+1. The first-order chi connectivity index (χ1) is 14.9. The van der Waals surface area contributed by atoms with E-state index in [-0.39, 0.29) is 0 Å². The van der Waals surface area contributed by atoms with Gasteiger partial charge in [0.2, 0.25) is 0 Å². The maximum atomic E-state index is 4.91. The lowest BCUT2D eigenvalue weighted by molar-refractivity contribution is -0.663. The molecule has 0 saturated carbocycles. The highest BCUT2D eigenvalue weighted by atomic mass is 15.0.